The number of ether oxygens (including phenoxy) is 1. The Hall–Kier alpha value is -1.96. The zero-order valence-electron chi connectivity index (χ0n) is 15.3. The number of aliphatic hydroxyl groups excluding tert-OH is 1. The van der Waals surface area contributed by atoms with E-state index in [1.165, 1.54) is 5.69 Å². The summed E-state index contributed by atoms with van der Waals surface area (Å²) in [5.74, 6) is 0. The summed E-state index contributed by atoms with van der Waals surface area (Å²) in [6, 6.07) is 10.2. The van der Waals surface area contributed by atoms with Gasteiger partial charge in [-0.25, -0.2) is 0 Å². The second kappa shape index (κ2) is 8.37. The average Bonchev–Trinajstić information content (AvgIpc) is 3.42. The zero-order valence-corrected chi connectivity index (χ0v) is 16.1. The van der Waals surface area contributed by atoms with Crippen LogP contribution in [0.4, 0.5) is 0 Å². The lowest BCUT2D eigenvalue weighted by molar-refractivity contribution is 0.0953. The largest absolute Gasteiger partial charge is 0.396 e. The topological polar surface area (TPSA) is 62.5 Å². The van der Waals surface area contributed by atoms with Gasteiger partial charge in [0, 0.05) is 44.4 Å². The highest BCUT2D eigenvalue weighted by Crippen LogP contribution is 2.39. The SMILES string of the molecule is OCCCN1C(=S)NC(c2ccccn2)C1c1cccn1CC1CCCO1. The third kappa shape index (κ3) is 3.85. The Bertz CT molecular complexity index is 760. The van der Waals surface area contributed by atoms with Gasteiger partial charge in [-0.15, -0.1) is 0 Å². The number of aromatic nitrogens is 2. The maximum absolute atomic E-state index is 9.33. The molecule has 4 heterocycles. The molecule has 3 unspecified atom stereocenters. The summed E-state index contributed by atoms with van der Waals surface area (Å²) in [5, 5.41) is 13.5. The molecule has 4 rings (SSSR count). The Morgan fingerprint density at radius 1 is 1.30 bits per heavy atom. The molecule has 2 saturated heterocycles. The lowest BCUT2D eigenvalue weighted by Gasteiger charge is -2.29. The molecule has 0 spiro atoms. The van der Waals surface area contributed by atoms with E-state index in [9.17, 15) is 5.11 Å². The first-order valence-electron chi connectivity index (χ1n) is 9.63. The van der Waals surface area contributed by atoms with E-state index in [-0.39, 0.29) is 24.8 Å². The van der Waals surface area contributed by atoms with Crippen molar-refractivity contribution in [3.63, 3.8) is 0 Å². The van der Waals surface area contributed by atoms with Crippen LogP contribution in [0.3, 0.4) is 0 Å². The maximum Gasteiger partial charge on any atom is 0.170 e. The van der Waals surface area contributed by atoms with Crippen LogP contribution in [0, 0.1) is 0 Å². The molecular formula is C20H26N4O2S. The van der Waals surface area contributed by atoms with Gasteiger partial charge in [-0.3, -0.25) is 4.98 Å². The fraction of sp³-hybridized carbons (Fsp3) is 0.500. The van der Waals surface area contributed by atoms with Gasteiger partial charge in [-0.2, -0.15) is 0 Å². The quantitative estimate of drug-likeness (QED) is 0.713. The first-order chi connectivity index (χ1) is 13.3. The zero-order chi connectivity index (χ0) is 18.6. The van der Waals surface area contributed by atoms with E-state index in [2.05, 4.69) is 38.1 Å². The van der Waals surface area contributed by atoms with Gasteiger partial charge in [0.05, 0.1) is 23.9 Å². The molecule has 2 fully saturated rings. The minimum Gasteiger partial charge on any atom is -0.396 e. The first-order valence-corrected chi connectivity index (χ1v) is 10.0. The summed E-state index contributed by atoms with van der Waals surface area (Å²) in [5.41, 5.74) is 2.17. The van der Waals surface area contributed by atoms with Gasteiger partial charge in [0.1, 0.15) is 0 Å². The standard InChI is InChI=1S/C20H26N4O2S/c25-12-5-11-24-19(18(22-20(24)27)16-7-1-2-9-21-16)17-8-3-10-23(17)14-15-6-4-13-26-15/h1-3,7-10,15,18-19,25H,4-6,11-14H2,(H,22,27). The molecule has 0 aromatic carbocycles. The van der Waals surface area contributed by atoms with E-state index >= 15 is 0 Å². The molecule has 3 atom stereocenters. The molecule has 2 aliphatic rings. The van der Waals surface area contributed by atoms with Crippen molar-refractivity contribution >= 4 is 17.3 Å². The van der Waals surface area contributed by atoms with Crippen LogP contribution >= 0.6 is 12.2 Å². The summed E-state index contributed by atoms with van der Waals surface area (Å²) in [4.78, 5) is 6.76. The Labute approximate surface area is 165 Å². The summed E-state index contributed by atoms with van der Waals surface area (Å²) in [7, 11) is 0. The third-order valence-electron chi connectivity index (χ3n) is 5.35. The van der Waals surface area contributed by atoms with Gasteiger partial charge >= 0.3 is 0 Å². The Kier molecular flexibility index (Phi) is 5.71. The van der Waals surface area contributed by atoms with Gasteiger partial charge in [0.15, 0.2) is 5.11 Å². The van der Waals surface area contributed by atoms with Crippen molar-refractivity contribution in [2.45, 2.75) is 44.0 Å². The van der Waals surface area contributed by atoms with Crippen molar-refractivity contribution in [2.75, 3.05) is 19.8 Å². The fourth-order valence-electron chi connectivity index (χ4n) is 4.08. The molecule has 0 aliphatic carbocycles. The van der Waals surface area contributed by atoms with E-state index in [0.29, 0.717) is 18.1 Å². The molecule has 2 aliphatic heterocycles. The number of thiocarbonyl (C=S) groups is 1. The minimum atomic E-state index is -0.0180. The van der Waals surface area contributed by atoms with Gasteiger partial charge in [-0.05, 0) is 55.7 Å². The minimum absolute atomic E-state index is 0.0180. The monoisotopic (exact) mass is 386 g/mol. The van der Waals surface area contributed by atoms with Gasteiger partial charge in [-0.1, -0.05) is 6.07 Å². The van der Waals surface area contributed by atoms with Crippen molar-refractivity contribution in [3.05, 3.63) is 54.1 Å². The summed E-state index contributed by atoms with van der Waals surface area (Å²) in [6.45, 7) is 2.57. The van der Waals surface area contributed by atoms with Crippen molar-refractivity contribution in [3.8, 4) is 0 Å². The fourth-order valence-corrected chi connectivity index (χ4v) is 4.41. The number of aliphatic hydroxyl groups is 1. The van der Waals surface area contributed by atoms with E-state index in [4.69, 9.17) is 17.0 Å². The number of rotatable bonds is 7. The van der Waals surface area contributed by atoms with Crippen LogP contribution in [0.25, 0.3) is 0 Å². The van der Waals surface area contributed by atoms with Gasteiger partial charge in [0.2, 0.25) is 0 Å². The van der Waals surface area contributed by atoms with Crippen molar-refractivity contribution < 1.29 is 9.84 Å². The predicted octanol–water partition coefficient (Wildman–Crippen LogP) is 2.42. The van der Waals surface area contributed by atoms with Crippen LogP contribution in [-0.2, 0) is 11.3 Å². The van der Waals surface area contributed by atoms with E-state index in [1.807, 2.05) is 24.4 Å². The number of nitrogens with zero attached hydrogens (tertiary/aromatic N) is 3. The first kappa shape index (κ1) is 18.4. The van der Waals surface area contributed by atoms with Crippen molar-refractivity contribution in [2.24, 2.45) is 0 Å². The number of hydrogen-bond donors (Lipinski definition) is 2. The van der Waals surface area contributed by atoms with Crippen LogP contribution in [-0.4, -0.2) is 50.5 Å². The molecule has 0 saturated carbocycles. The van der Waals surface area contributed by atoms with E-state index in [1.54, 1.807) is 0 Å². The number of hydrogen-bond acceptors (Lipinski definition) is 4. The van der Waals surface area contributed by atoms with Crippen LogP contribution in [0.5, 0.6) is 0 Å². The van der Waals surface area contributed by atoms with E-state index < -0.39 is 0 Å². The number of pyridine rings is 1. The molecule has 0 amide bonds. The molecule has 0 radical (unpaired) electrons. The Morgan fingerprint density at radius 2 is 2.22 bits per heavy atom. The molecule has 2 aromatic rings. The highest BCUT2D eigenvalue weighted by Gasteiger charge is 2.40. The normalized spacial score (nSPS) is 25.1. The Balaban J connectivity index is 1.66. The third-order valence-corrected chi connectivity index (χ3v) is 5.70. The van der Waals surface area contributed by atoms with Crippen LogP contribution in [0.2, 0.25) is 0 Å². The van der Waals surface area contributed by atoms with Gasteiger partial charge < -0.3 is 24.6 Å². The van der Waals surface area contributed by atoms with Crippen LogP contribution < -0.4 is 5.32 Å². The lowest BCUT2D eigenvalue weighted by Crippen LogP contribution is -2.32. The lowest BCUT2D eigenvalue weighted by atomic mass is 10.0. The van der Waals surface area contributed by atoms with Crippen molar-refractivity contribution in [1.82, 2.24) is 19.8 Å². The molecule has 27 heavy (non-hydrogen) atoms. The molecule has 2 N–H and O–H groups in total. The average molecular weight is 387 g/mol. The number of nitrogens with one attached hydrogen (secondary N) is 1. The molecule has 144 valence electrons. The highest BCUT2D eigenvalue weighted by atomic mass is 32.1. The summed E-state index contributed by atoms with van der Waals surface area (Å²) < 4.78 is 8.14. The second-order valence-corrected chi connectivity index (χ2v) is 7.50. The molecule has 0 bridgehead atoms. The smallest absolute Gasteiger partial charge is 0.170 e. The maximum atomic E-state index is 9.33. The van der Waals surface area contributed by atoms with Crippen LogP contribution in [0.15, 0.2) is 42.7 Å². The van der Waals surface area contributed by atoms with Crippen LogP contribution in [0.1, 0.15) is 42.7 Å². The Morgan fingerprint density at radius 3 is 2.96 bits per heavy atom. The molecule has 6 nitrogen and oxygen atoms in total. The molecular weight excluding hydrogens is 360 g/mol. The highest BCUT2D eigenvalue weighted by molar-refractivity contribution is 7.80. The molecule has 7 heteroatoms. The second-order valence-electron chi connectivity index (χ2n) is 7.12. The predicted molar refractivity (Wildman–Crippen MR) is 107 cm³/mol. The summed E-state index contributed by atoms with van der Waals surface area (Å²) in [6.07, 6.45) is 7.14. The van der Waals surface area contributed by atoms with E-state index in [0.717, 1.165) is 31.7 Å². The van der Waals surface area contributed by atoms with Gasteiger partial charge in [0.25, 0.3) is 0 Å². The van der Waals surface area contributed by atoms with Crippen molar-refractivity contribution in [1.29, 1.82) is 0 Å². The molecule has 2 aromatic heterocycles. The summed E-state index contributed by atoms with van der Waals surface area (Å²) >= 11 is 5.64.